The molecule has 4 heteroatoms. The van der Waals surface area contributed by atoms with Gasteiger partial charge in [0, 0.05) is 11.3 Å². The number of unbranched alkanes of at least 4 members (excludes halogenated alkanes) is 10. The minimum atomic E-state index is 0.950. The number of fused-ring (bicyclic) bond motifs is 1. The van der Waals surface area contributed by atoms with Crippen LogP contribution in [-0.4, -0.2) is 15.4 Å². The van der Waals surface area contributed by atoms with Crippen molar-refractivity contribution < 1.29 is 0 Å². The standard InChI is InChI=1S/C23H40N4/c1-4-6-8-10-12-14-16-19-20(17-15-13-11-9-7-5-2)23-22(25-27-26-23)18(3)21(19)24/h4-17,24H2,1-3H3,(H,25,26,27). The molecule has 0 bridgehead atoms. The molecule has 0 aliphatic carbocycles. The van der Waals surface area contributed by atoms with Crippen LogP contribution in [-0.2, 0) is 12.8 Å². The van der Waals surface area contributed by atoms with Crippen LogP contribution in [0.2, 0.25) is 0 Å². The number of H-pyrrole nitrogens is 1. The summed E-state index contributed by atoms with van der Waals surface area (Å²) >= 11 is 0. The molecule has 0 amide bonds. The fourth-order valence-corrected chi connectivity index (χ4v) is 4.09. The Labute approximate surface area is 165 Å². The molecule has 0 aliphatic rings. The molecule has 2 aromatic rings. The third kappa shape index (κ3) is 6.22. The summed E-state index contributed by atoms with van der Waals surface area (Å²) in [5, 5.41) is 11.5. The van der Waals surface area contributed by atoms with Crippen molar-refractivity contribution in [3.8, 4) is 0 Å². The van der Waals surface area contributed by atoms with E-state index in [0.29, 0.717) is 0 Å². The van der Waals surface area contributed by atoms with Gasteiger partial charge >= 0.3 is 0 Å². The van der Waals surface area contributed by atoms with Gasteiger partial charge in [0.2, 0.25) is 0 Å². The van der Waals surface area contributed by atoms with E-state index in [4.69, 9.17) is 5.73 Å². The number of hydrogen-bond acceptors (Lipinski definition) is 3. The highest BCUT2D eigenvalue weighted by molar-refractivity contribution is 5.88. The highest BCUT2D eigenvalue weighted by Crippen LogP contribution is 2.32. The second-order valence-corrected chi connectivity index (χ2v) is 8.07. The molecule has 152 valence electrons. The predicted molar refractivity (Wildman–Crippen MR) is 117 cm³/mol. The lowest BCUT2D eigenvalue weighted by molar-refractivity contribution is 0.600. The number of aromatic nitrogens is 3. The van der Waals surface area contributed by atoms with E-state index in [0.717, 1.165) is 35.1 Å². The number of aromatic amines is 1. The molecule has 0 radical (unpaired) electrons. The lowest BCUT2D eigenvalue weighted by atomic mass is 9.91. The van der Waals surface area contributed by atoms with E-state index in [-0.39, 0.29) is 0 Å². The Morgan fingerprint density at radius 2 is 1.26 bits per heavy atom. The van der Waals surface area contributed by atoms with Gasteiger partial charge in [-0.05, 0) is 43.7 Å². The Hall–Kier alpha value is -1.58. The van der Waals surface area contributed by atoms with Gasteiger partial charge < -0.3 is 5.73 Å². The van der Waals surface area contributed by atoms with E-state index in [1.165, 1.54) is 88.2 Å². The van der Waals surface area contributed by atoms with E-state index in [1.807, 2.05) is 0 Å². The van der Waals surface area contributed by atoms with Crippen molar-refractivity contribution in [2.45, 2.75) is 111 Å². The van der Waals surface area contributed by atoms with Gasteiger partial charge in [0.05, 0.1) is 5.52 Å². The molecule has 0 atom stereocenters. The van der Waals surface area contributed by atoms with Crippen LogP contribution >= 0.6 is 0 Å². The van der Waals surface area contributed by atoms with Gasteiger partial charge in [-0.3, -0.25) is 5.10 Å². The van der Waals surface area contributed by atoms with Gasteiger partial charge in [-0.25, -0.2) is 0 Å². The predicted octanol–water partition coefficient (Wildman–Crippen LogP) is 6.65. The van der Waals surface area contributed by atoms with Crippen molar-refractivity contribution in [2.75, 3.05) is 5.73 Å². The first-order chi connectivity index (χ1) is 13.2. The molecule has 2 rings (SSSR count). The Balaban J connectivity index is 2.04. The molecule has 0 fully saturated rings. The molecule has 4 nitrogen and oxygen atoms in total. The van der Waals surface area contributed by atoms with Crippen LogP contribution in [0.4, 0.5) is 5.69 Å². The molecule has 3 N–H and O–H groups in total. The lowest BCUT2D eigenvalue weighted by Gasteiger charge is -2.16. The number of nitrogens with two attached hydrogens (primary N) is 1. The summed E-state index contributed by atoms with van der Waals surface area (Å²) in [5.41, 5.74) is 13.4. The van der Waals surface area contributed by atoms with Gasteiger partial charge in [-0.1, -0.05) is 83.3 Å². The molecule has 1 heterocycles. The van der Waals surface area contributed by atoms with Crippen molar-refractivity contribution >= 4 is 16.7 Å². The van der Waals surface area contributed by atoms with Crippen LogP contribution < -0.4 is 5.73 Å². The Kier molecular flexibility index (Phi) is 9.65. The summed E-state index contributed by atoms with van der Waals surface area (Å²) in [5.74, 6) is 0. The van der Waals surface area contributed by atoms with Crippen molar-refractivity contribution in [3.63, 3.8) is 0 Å². The molecular weight excluding hydrogens is 332 g/mol. The quantitative estimate of drug-likeness (QED) is 0.288. The van der Waals surface area contributed by atoms with Gasteiger partial charge in [-0.15, -0.1) is 5.10 Å². The van der Waals surface area contributed by atoms with Crippen LogP contribution in [0.25, 0.3) is 11.0 Å². The second-order valence-electron chi connectivity index (χ2n) is 8.07. The molecule has 0 saturated heterocycles. The average molecular weight is 373 g/mol. The monoisotopic (exact) mass is 372 g/mol. The summed E-state index contributed by atoms with van der Waals surface area (Å²) in [7, 11) is 0. The molecule has 1 aromatic heterocycles. The summed E-state index contributed by atoms with van der Waals surface area (Å²) < 4.78 is 0. The van der Waals surface area contributed by atoms with Crippen LogP contribution in [0.15, 0.2) is 0 Å². The maximum absolute atomic E-state index is 6.56. The van der Waals surface area contributed by atoms with Crippen molar-refractivity contribution in [3.05, 3.63) is 16.7 Å². The van der Waals surface area contributed by atoms with E-state index in [1.54, 1.807) is 0 Å². The third-order valence-electron chi connectivity index (χ3n) is 5.86. The molecule has 27 heavy (non-hydrogen) atoms. The fraction of sp³-hybridized carbons (Fsp3) is 0.739. The number of nitrogens with zero attached hydrogens (tertiary/aromatic N) is 2. The number of anilines is 1. The largest absolute Gasteiger partial charge is 0.398 e. The van der Waals surface area contributed by atoms with Crippen molar-refractivity contribution in [1.29, 1.82) is 0 Å². The second kappa shape index (κ2) is 12.0. The molecular formula is C23H40N4. The van der Waals surface area contributed by atoms with Crippen LogP contribution in [0, 0.1) is 6.92 Å². The Morgan fingerprint density at radius 3 is 1.85 bits per heavy atom. The Morgan fingerprint density at radius 1 is 0.741 bits per heavy atom. The molecule has 0 spiro atoms. The van der Waals surface area contributed by atoms with Crippen molar-refractivity contribution in [1.82, 2.24) is 15.4 Å². The minimum Gasteiger partial charge on any atom is -0.398 e. The van der Waals surface area contributed by atoms with Crippen LogP contribution in [0.1, 0.15) is 108 Å². The normalized spacial score (nSPS) is 11.5. The number of rotatable bonds is 14. The maximum Gasteiger partial charge on any atom is 0.118 e. The topological polar surface area (TPSA) is 67.6 Å². The Bertz CT molecular complexity index is 675. The van der Waals surface area contributed by atoms with Gasteiger partial charge in [0.1, 0.15) is 5.52 Å². The zero-order valence-corrected chi connectivity index (χ0v) is 17.9. The van der Waals surface area contributed by atoms with Crippen LogP contribution in [0.5, 0.6) is 0 Å². The first-order valence-corrected chi connectivity index (χ1v) is 11.3. The van der Waals surface area contributed by atoms with Gasteiger partial charge in [-0.2, -0.15) is 0 Å². The summed E-state index contributed by atoms with van der Waals surface area (Å²) in [6.07, 6.45) is 17.9. The van der Waals surface area contributed by atoms with E-state index >= 15 is 0 Å². The number of nitrogen functional groups attached to an aromatic ring is 1. The zero-order valence-electron chi connectivity index (χ0n) is 17.9. The summed E-state index contributed by atoms with van der Waals surface area (Å²) in [6.45, 7) is 6.62. The zero-order chi connectivity index (χ0) is 19.5. The number of hydrogen-bond donors (Lipinski definition) is 2. The van der Waals surface area contributed by atoms with E-state index in [2.05, 4.69) is 36.2 Å². The highest BCUT2D eigenvalue weighted by atomic mass is 15.3. The molecule has 0 aliphatic heterocycles. The molecule has 0 saturated carbocycles. The van der Waals surface area contributed by atoms with Crippen molar-refractivity contribution in [2.24, 2.45) is 0 Å². The van der Waals surface area contributed by atoms with Gasteiger partial charge in [0.15, 0.2) is 0 Å². The van der Waals surface area contributed by atoms with E-state index in [9.17, 15) is 0 Å². The third-order valence-corrected chi connectivity index (χ3v) is 5.86. The van der Waals surface area contributed by atoms with E-state index < -0.39 is 0 Å². The smallest absolute Gasteiger partial charge is 0.118 e. The minimum absolute atomic E-state index is 0.950. The van der Waals surface area contributed by atoms with Crippen LogP contribution in [0.3, 0.4) is 0 Å². The first kappa shape index (κ1) is 21.7. The fourth-order valence-electron chi connectivity index (χ4n) is 4.09. The number of nitrogens with one attached hydrogen (secondary N) is 1. The average Bonchev–Trinajstić information content (AvgIpc) is 3.16. The molecule has 1 aromatic carbocycles. The lowest BCUT2D eigenvalue weighted by Crippen LogP contribution is -2.05. The number of benzene rings is 1. The summed E-state index contributed by atoms with van der Waals surface area (Å²) in [6, 6.07) is 0. The number of aryl methyl sites for hydroxylation is 2. The maximum atomic E-state index is 6.56. The van der Waals surface area contributed by atoms with Gasteiger partial charge in [0.25, 0.3) is 0 Å². The first-order valence-electron chi connectivity index (χ1n) is 11.3. The molecule has 0 unspecified atom stereocenters. The summed E-state index contributed by atoms with van der Waals surface area (Å²) in [4.78, 5) is 0. The highest BCUT2D eigenvalue weighted by Gasteiger charge is 2.17. The SMILES string of the molecule is CCCCCCCCc1c(N)c(C)c2nn[nH]c2c1CCCCCCCC.